The van der Waals surface area contributed by atoms with Gasteiger partial charge in [0, 0.05) is 6.20 Å². The van der Waals surface area contributed by atoms with Crippen molar-refractivity contribution in [3.05, 3.63) is 59.1 Å². The van der Waals surface area contributed by atoms with Crippen LogP contribution in [0.15, 0.2) is 42.6 Å². The van der Waals surface area contributed by atoms with Crippen molar-refractivity contribution in [2.45, 2.75) is 5.72 Å². The predicted molar refractivity (Wildman–Crippen MR) is 65.5 cm³/mol. The highest BCUT2D eigenvalue weighted by Crippen LogP contribution is 2.23. The molecule has 88 valence electrons. The second kappa shape index (κ2) is 4.79. The molecule has 2 rings (SSSR count). The Morgan fingerprint density at radius 2 is 1.94 bits per heavy atom. The summed E-state index contributed by atoms with van der Waals surface area (Å²) in [7, 11) is 1.64. The van der Waals surface area contributed by atoms with Gasteiger partial charge < -0.3 is 5.11 Å². The number of nitrogens with zero attached hydrogens (tertiary/aromatic N) is 2. The van der Waals surface area contributed by atoms with Crippen LogP contribution in [0.3, 0.4) is 0 Å². The van der Waals surface area contributed by atoms with Crippen LogP contribution in [0.5, 0.6) is 0 Å². The molecule has 0 fully saturated rings. The first-order chi connectivity index (χ1) is 8.16. The largest absolute Gasteiger partial charge is 0.365 e. The number of pyridine rings is 2. The van der Waals surface area contributed by atoms with Gasteiger partial charge in [-0.25, -0.2) is 4.98 Å². The molecule has 0 spiro atoms. The summed E-state index contributed by atoms with van der Waals surface area (Å²) in [6, 6.07) is 10.4. The zero-order valence-corrected chi connectivity index (χ0v) is 10.0. The van der Waals surface area contributed by atoms with Crippen LogP contribution in [0.25, 0.3) is 0 Å². The first-order valence-corrected chi connectivity index (χ1v) is 5.50. The standard InChI is InChI=1S/C12H12ClN3O/c1-14-12(17,9-5-2-3-8-15-9)10-6-4-7-11(13)16-10/h2-8,14,17H,1H3. The molecule has 0 aliphatic carbocycles. The van der Waals surface area contributed by atoms with E-state index < -0.39 is 5.72 Å². The van der Waals surface area contributed by atoms with Gasteiger partial charge in [-0.3, -0.25) is 10.3 Å². The molecule has 2 heterocycles. The number of aliphatic hydroxyl groups is 1. The van der Waals surface area contributed by atoms with Crippen molar-refractivity contribution in [3.8, 4) is 0 Å². The Morgan fingerprint density at radius 1 is 1.18 bits per heavy atom. The topological polar surface area (TPSA) is 58.0 Å². The van der Waals surface area contributed by atoms with E-state index in [4.69, 9.17) is 11.6 Å². The molecule has 2 N–H and O–H groups in total. The van der Waals surface area contributed by atoms with Gasteiger partial charge in [0.05, 0.1) is 11.4 Å². The summed E-state index contributed by atoms with van der Waals surface area (Å²) in [5, 5.41) is 13.7. The van der Waals surface area contributed by atoms with Crippen LogP contribution in [-0.4, -0.2) is 22.1 Å². The Balaban J connectivity index is 2.52. The zero-order valence-electron chi connectivity index (χ0n) is 9.26. The number of hydrogen-bond donors (Lipinski definition) is 2. The molecular formula is C12H12ClN3O. The van der Waals surface area contributed by atoms with E-state index in [1.54, 1.807) is 49.6 Å². The number of nitrogens with one attached hydrogen (secondary N) is 1. The molecule has 2 aromatic rings. The first-order valence-electron chi connectivity index (χ1n) is 5.12. The van der Waals surface area contributed by atoms with Gasteiger partial charge in [-0.1, -0.05) is 23.7 Å². The third-order valence-corrected chi connectivity index (χ3v) is 2.69. The predicted octanol–water partition coefficient (Wildman–Crippen LogP) is 1.54. The number of halogens is 1. The van der Waals surface area contributed by atoms with Gasteiger partial charge in [-0.05, 0) is 31.3 Å². The van der Waals surface area contributed by atoms with Gasteiger partial charge in [0.25, 0.3) is 0 Å². The van der Waals surface area contributed by atoms with Gasteiger partial charge in [0.1, 0.15) is 5.15 Å². The molecule has 4 nitrogen and oxygen atoms in total. The van der Waals surface area contributed by atoms with Gasteiger partial charge in [-0.15, -0.1) is 0 Å². The van der Waals surface area contributed by atoms with Gasteiger partial charge >= 0.3 is 0 Å². The van der Waals surface area contributed by atoms with E-state index in [0.29, 0.717) is 16.5 Å². The number of rotatable bonds is 3. The zero-order chi connectivity index (χ0) is 12.3. The molecule has 1 atom stereocenters. The molecule has 0 aromatic carbocycles. The Morgan fingerprint density at radius 3 is 2.53 bits per heavy atom. The summed E-state index contributed by atoms with van der Waals surface area (Å²) >= 11 is 5.82. The average Bonchev–Trinajstić information content (AvgIpc) is 2.39. The summed E-state index contributed by atoms with van der Waals surface area (Å²) in [5.74, 6) is 0. The van der Waals surface area contributed by atoms with Crippen molar-refractivity contribution < 1.29 is 5.11 Å². The van der Waals surface area contributed by atoms with E-state index in [2.05, 4.69) is 15.3 Å². The van der Waals surface area contributed by atoms with Crippen LogP contribution in [0.4, 0.5) is 0 Å². The molecule has 1 unspecified atom stereocenters. The highest BCUT2D eigenvalue weighted by molar-refractivity contribution is 6.29. The van der Waals surface area contributed by atoms with Crippen LogP contribution in [0, 0.1) is 0 Å². The van der Waals surface area contributed by atoms with Crippen LogP contribution in [-0.2, 0) is 5.72 Å². The Hall–Kier alpha value is -1.49. The molecule has 2 aromatic heterocycles. The maximum atomic E-state index is 10.6. The molecule has 17 heavy (non-hydrogen) atoms. The molecule has 5 heteroatoms. The Bertz CT molecular complexity index is 506. The lowest BCUT2D eigenvalue weighted by Gasteiger charge is -2.26. The quantitative estimate of drug-likeness (QED) is 0.640. The van der Waals surface area contributed by atoms with E-state index in [9.17, 15) is 5.11 Å². The lowest BCUT2D eigenvalue weighted by atomic mass is 10.0. The lowest BCUT2D eigenvalue weighted by Crippen LogP contribution is -2.42. The second-order valence-electron chi connectivity index (χ2n) is 3.52. The van der Waals surface area contributed by atoms with E-state index in [1.165, 1.54) is 0 Å². The summed E-state index contributed by atoms with van der Waals surface area (Å²) < 4.78 is 0. The van der Waals surface area contributed by atoms with Crippen LogP contribution in [0.2, 0.25) is 5.15 Å². The molecule has 0 bridgehead atoms. The lowest BCUT2D eigenvalue weighted by molar-refractivity contribution is 0.0427. The third-order valence-electron chi connectivity index (χ3n) is 2.48. The molecular weight excluding hydrogens is 238 g/mol. The maximum absolute atomic E-state index is 10.6. The van der Waals surface area contributed by atoms with Crippen molar-refractivity contribution in [1.29, 1.82) is 0 Å². The first kappa shape index (κ1) is 12.0. The molecule has 0 saturated heterocycles. The summed E-state index contributed by atoms with van der Waals surface area (Å²) in [6.07, 6.45) is 1.61. The van der Waals surface area contributed by atoms with Crippen molar-refractivity contribution in [1.82, 2.24) is 15.3 Å². The highest BCUT2D eigenvalue weighted by atomic mass is 35.5. The van der Waals surface area contributed by atoms with Crippen LogP contribution >= 0.6 is 11.6 Å². The van der Waals surface area contributed by atoms with Crippen molar-refractivity contribution in [3.63, 3.8) is 0 Å². The van der Waals surface area contributed by atoms with E-state index in [0.717, 1.165) is 0 Å². The van der Waals surface area contributed by atoms with Gasteiger partial charge in [0.2, 0.25) is 5.72 Å². The Kier molecular flexibility index (Phi) is 3.38. The summed E-state index contributed by atoms with van der Waals surface area (Å²) in [4.78, 5) is 8.24. The summed E-state index contributed by atoms with van der Waals surface area (Å²) in [5.41, 5.74) is -0.560. The fraction of sp³-hybridized carbons (Fsp3) is 0.167. The number of aromatic nitrogens is 2. The van der Waals surface area contributed by atoms with E-state index in [-0.39, 0.29) is 0 Å². The van der Waals surface area contributed by atoms with Crippen molar-refractivity contribution in [2.24, 2.45) is 0 Å². The summed E-state index contributed by atoms with van der Waals surface area (Å²) in [6.45, 7) is 0. The second-order valence-corrected chi connectivity index (χ2v) is 3.91. The van der Waals surface area contributed by atoms with E-state index in [1.807, 2.05) is 0 Å². The van der Waals surface area contributed by atoms with Gasteiger partial charge in [0.15, 0.2) is 0 Å². The molecule has 0 aliphatic rings. The SMILES string of the molecule is CNC(O)(c1ccccn1)c1cccc(Cl)n1. The maximum Gasteiger partial charge on any atom is 0.203 e. The molecule has 0 saturated carbocycles. The third kappa shape index (κ3) is 2.29. The normalized spacial score (nSPS) is 14.3. The van der Waals surface area contributed by atoms with Crippen LogP contribution < -0.4 is 5.32 Å². The fourth-order valence-electron chi connectivity index (χ4n) is 1.57. The molecule has 0 radical (unpaired) electrons. The minimum Gasteiger partial charge on any atom is -0.365 e. The average molecular weight is 250 g/mol. The van der Waals surface area contributed by atoms with Crippen molar-refractivity contribution >= 4 is 11.6 Å². The minimum atomic E-state index is -1.44. The van der Waals surface area contributed by atoms with Gasteiger partial charge in [-0.2, -0.15) is 0 Å². The molecule has 0 aliphatic heterocycles. The minimum absolute atomic E-state index is 0.326. The van der Waals surface area contributed by atoms with Crippen LogP contribution in [0.1, 0.15) is 11.4 Å². The van der Waals surface area contributed by atoms with E-state index >= 15 is 0 Å². The van der Waals surface area contributed by atoms with Crippen molar-refractivity contribution in [2.75, 3.05) is 7.05 Å². The highest BCUT2D eigenvalue weighted by Gasteiger charge is 2.32. The molecule has 0 amide bonds. The number of hydrogen-bond acceptors (Lipinski definition) is 4. The smallest absolute Gasteiger partial charge is 0.203 e. The Labute approximate surface area is 104 Å². The monoisotopic (exact) mass is 249 g/mol. The fourth-order valence-corrected chi connectivity index (χ4v) is 1.74.